The molecule has 11 aromatic rings. The predicted octanol–water partition coefficient (Wildman–Crippen LogP) is 38.4. The quantitative estimate of drug-likeness (QED) is 0.162. The number of hydrogen-bond donors (Lipinski definition) is 0. The lowest BCUT2D eigenvalue weighted by atomic mass is 9.86. The van der Waals surface area contributed by atoms with Crippen LogP contribution in [0.1, 0.15) is 366 Å². The molecule has 11 aromatic carbocycles. The van der Waals surface area contributed by atoms with Crippen molar-refractivity contribution in [1.29, 1.82) is 0 Å². The van der Waals surface area contributed by atoms with Crippen molar-refractivity contribution in [2.45, 2.75) is 370 Å². The van der Waals surface area contributed by atoms with Gasteiger partial charge in [-0.15, -0.1) is 0 Å². The van der Waals surface area contributed by atoms with Crippen molar-refractivity contribution in [2.24, 2.45) is 0 Å². The van der Waals surface area contributed by atoms with Gasteiger partial charge in [-0.25, -0.2) is 13.2 Å². The van der Waals surface area contributed by atoms with Crippen molar-refractivity contribution >= 4 is 23.2 Å². The first-order valence-electron chi connectivity index (χ1n) is 46.0. The fourth-order valence-corrected chi connectivity index (χ4v) is 12.3. The summed E-state index contributed by atoms with van der Waals surface area (Å²) in [5.74, 6) is 0.0588. The Kier molecular flexibility index (Phi) is 46.7. The zero-order valence-electron chi connectivity index (χ0n) is 87.8. The van der Waals surface area contributed by atoms with E-state index >= 15 is 0 Å². The van der Waals surface area contributed by atoms with Gasteiger partial charge >= 0.3 is 0 Å². The molecular formula is C122H173Cl2F3. The Labute approximate surface area is 788 Å². The first-order chi connectivity index (χ1) is 57.7. The SMILES string of the molecule is CC(C)(C)c1ccc(F)c(Cl)c1.CC(C)(C)c1ccccc1.CC(C)c1ccc(C(C)(C)C)cc1.CCc1ccc(C(C)(C)C)cc1.Cc1ccc(C(C)(C)C)cc1.Cc1ccc(C(C)(C)C)cc1.Cc1ccc(C(C)(C)C)cc1.Cc1ccc(C(C)(C)C)cc1.Cc1ccc(C(C)(C)C)cc1Cl.Cc1ccc(C(C)(C)C)cc1F.Cc1ccc(C(C)(C)C)cc1F. The highest BCUT2D eigenvalue weighted by Crippen LogP contribution is 2.33. The average Bonchev–Trinajstić information content (AvgIpc) is 0.828. The number of aryl methyl sites for hydroxylation is 8. The summed E-state index contributed by atoms with van der Waals surface area (Å²) in [5, 5.41) is 1.06. The van der Waals surface area contributed by atoms with Crippen LogP contribution in [0.2, 0.25) is 10.0 Å². The molecule has 0 unspecified atom stereocenters. The van der Waals surface area contributed by atoms with Crippen LogP contribution in [0.4, 0.5) is 13.2 Å². The van der Waals surface area contributed by atoms with E-state index in [0.29, 0.717) is 22.5 Å². The van der Waals surface area contributed by atoms with E-state index < -0.39 is 0 Å². The van der Waals surface area contributed by atoms with Crippen molar-refractivity contribution in [1.82, 2.24) is 0 Å². The van der Waals surface area contributed by atoms with Gasteiger partial charge in [0.1, 0.15) is 17.5 Å². The van der Waals surface area contributed by atoms with Gasteiger partial charge in [-0.3, -0.25) is 0 Å². The van der Waals surface area contributed by atoms with Crippen LogP contribution < -0.4 is 0 Å². The Bertz CT molecular complexity index is 4450. The van der Waals surface area contributed by atoms with Crippen LogP contribution in [0.3, 0.4) is 0 Å². The van der Waals surface area contributed by atoms with Crippen LogP contribution in [-0.4, -0.2) is 0 Å². The van der Waals surface area contributed by atoms with Crippen LogP contribution in [0.5, 0.6) is 0 Å². The van der Waals surface area contributed by atoms with E-state index in [1.165, 1.54) is 84.0 Å². The van der Waals surface area contributed by atoms with E-state index in [4.69, 9.17) is 23.2 Å². The van der Waals surface area contributed by atoms with Crippen LogP contribution in [0.25, 0.3) is 0 Å². The fourth-order valence-electron chi connectivity index (χ4n) is 11.9. The third kappa shape index (κ3) is 46.8. The molecule has 0 fully saturated rings. The van der Waals surface area contributed by atoms with Crippen molar-refractivity contribution in [2.75, 3.05) is 0 Å². The second kappa shape index (κ2) is 50.8. The summed E-state index contributed by atoms with van der Waals surface area (Å²) in [4.78, 5) is 0. The Morgan fingerprint density at radius 3 is 0.614 bits per heavy atom. The molecule has 0 spiro atoms. The maximum absolute atomic E-state index is 13.1. The van der Waals surface area contributed by atoms with E-state index in [9.17, 15) is 13.2 Å². The van der Waals surface area contributed by atoms with Gasteiger partial charge in [-0.05, 0) is 240 Å². The molecule has 0 N–H and O–H groups in total. The minimum Gasteiger partial charge on any atom is -0.207 e. The molecule has 0 atom stereocenters. The van der Waals surface area contributed by atoms with Gasteiger partial charge in [0.2, 0.25) is 0 Å². The lowest BCUT2D eigenvalue weighted by Crippen LogP contribution is -2.11. The van der Waals surface area contributed by atoms with E-state index in [2.05, 4.69) is 471 Å². The molecular weight excluding hydrogens is 1590 g/mol. The molecule has 0 nitrogen and oxygen atoms in total. The summed E-state index contributed by atoms with van der Waals surface area (Å²) in [6.45, 7) is 92.9. The molecule has 0 aliphatic rings. The maximum atomic E-state index is 13.1. The van der Waals surface area contributed by atoms with Gasteiger partial charge in [0.25, 0.3) is 0 Å². The molecule has 696 valence electrons. The highest BCUT2D eigenvalue weighted by Gasteiger charge is 2.22. The van der Waals surface area contributed by atoms with Crippen LogP contribution in [-0.2, 0) is 66.0 Å². The molecule has 0 aromatic heterocycles. The number of hydrogen-bond acceptors (Lipinski definition) is 0. The molecule has 0 aliphatic heterocycles. The Hall–Kier alpha value is -8.21. The monoisotopic (exact) mass is 1770 g/mol. The smallest absolute Gasteiger partial charge is 0.141 e. The van der Waals surface area contributed by atoms with E-state index in [1.807, 2.05) is 31.2 Å². The predicted molar refractivity (Wildman–Crippen MR) is 563 cm³/mol. The van der Waals surface area contributed by atoms with Crippen LogP contribution in [0.15, 0.2) is 249 Å². The van der Waals surface area contributed by atoms with Gasteiger partial charge in [-0.2, -0.15) is 0 Å². The van der Waals surface area contributed by atoms with Gasteiger partial charge in [-0.1, -0.05) is 513 Å². The van der Waals surface area contributed by atoms with E-state index in [1.54, 1.807) is 38.1 Å². The average molecular weight is 1770 g/mol. The molecule has 127 heavy (non-hydrogen) atoms. The Morgan fingerprint density at radius 2 is 0.409 bits per heavy atom. The second-order valence-corrected chi connectivity index (χ2v) is 46.7. The molecule has 0 aliphatic carbocycles. The normalized spacial score (nSPS) is 11.7. The molecule has 0 radical (unpaired) electrons. The minimum atomic E-state index is -0.357. The Balaban J connectivity index is 0.000000699. The van der Waals surface area contributed by atoms with Crippen molar-refractivity contribution in [3.05, 3.63) is 387 Å². The van der Waals surface area contributed by atoms with Crippen LogP contribution >= 0.6 is 23.2 Å². The zero-order chi connectivity index (χ0) is 98.2. The van der Waals surface area contributed by atoms with E-state index in [0.717, 1.165) is 33.7 Å². The molecule has 5 heteroatoms. The van der Waals surface area contributed by atoms with Crippen molar-refractivity contribution in [3.63, 3.8) is 0 Å². The number of rotatable bonds is 2. The summed E-state index contributed by atoms with van der Waals surface area (Å²) in [7, 11) is 0. The highest BCUT2D eigenvalue weighted by molar-refractivity contribution is 6.31. The van der Waals surface area contributed by atoms with Crippen molar-refractivity contribution < 1.29 is 13.2 Å². The number of halogens is 5. The zero-order valence-corrected chi connectivity index (χ0v) is 89.4. The largest absolute Gasteiger partial charge is 0.207 e. The first kappa shape index (κ1) is 117. The maximum Gasteiger partial charge on any atom is 0.141 e. The van der Waals surface area contributed by atoms with Crippen molar-refractivity contribution in [3.8, 4) is 0 Å². The van der Waals surface area contributed by atoms with Gasteiger partial charge in [0.05, 0.1) is 5.02 Å². The lowest BCUT2D eigenvalue weighted by Gasteiger charge is -2.19. The highest BCUT2D eigenvalue weighted by atomic mass is 35.5. The molecule has 0 saturated heterocycles. The Morgan fingerprint density at radius 1 is 0.213 bits per heavy atom. The van der Waals surface area contributed by atoms with Gasteiger partial charge < -0.3 is 0 Å². The molecule has 0 saturated carbocycles. The summed E-state index contributed by atoms with van der Waals surface area (Å²) in [5.41, 5.74) is 27.3. The summed E-state index contributed by atoms with van der Waals surface area (Å²) < 4.78 is 39.0. The third-order valence-electron chi connectivity index (χ3n) is 21.9. The summed E-state index contributed by atoms with van der Waals surface area (Å²) >= 11 is 11.7. The lowest BCUT2D eigenvalue weighted by molar-refractivity contribution is 0.569. The topological polar surface area (TPSA) is 0 Å². The standard InChI is InChI=1S/C13H20.C12H18.C11H15Cl.2C11H15F.4C11H16.C10H12ClF.C10H14/c1-10(2)11-6-8-12(9-7-11)13(3,4)5;1-5-10-6-8-11(9-7-10)12(2,3)4;3*1-8-5-6-9(7-10(8)12)11(2,3)4;4*1-9-5-7-10(8-6-9)11(2,3)4;1-10(2,3)7-4-5-9(12)8(11)6-7;1-10(2,3)9-7-5-4-6-8-9/h6-10H,1-5H3;6-9H,5H2,1-4H3;3*5-7H,1-4H3;4*5-8H,1-4H3;4-6H,1-3H3;4-8H,1-3H3. The summed E-state index contributed by atoms with van der Waals surface area (Å²) in [6.07, 6.45) is 1.13. The molecule has 0 amide bonds. The summed E-state index contributed by atoms with van der Waals surface area (Å²) in [6, 6.07) is 85.4. The van der Waals surface area contributed by atoms with Gasteiger partial charge in [0, 0.05) is 5.02 Å². The fraction of sp³-hybridized carbons (Fsp3) is 0.459. The first-order valence-corrected chi connectivity index (χ1v) is 46.7. The molecule has 11 rings (SSSR count). The van der Waals surface area contributed by atoms with Crippen LogP contribution in [0, 0.1) is 65.9 Å². The van der Waals surface area contributed by atoms with Gasteiger partial charge in [0.15, 0.2) is 0 Å². The minimum absolute atomic E-state index is 0.0251. The molecule has 0 bridgehead atoms. The molecule has 0 heterocycles. The van der Waals surface area contributed by atoms with E-state index in [-0.39, 0.29) is 76.6 Å². The second-order valence-electron chi connectivity index (χ2n) is 45.9. The number of benzene rings is 11. The third-order valence-corrected chi connectivity index (χ3v) is 22.6.